The predicted octanol–water partition coefficient (Wildman–Crippen LogP) is 3.45. The van der Waals surface area contributed by atoms with Crippen molar-refractivity contribution in [2.45, 2.75) is 0 Å². The lowest BCUT2D eigenvalue weighted by atomic mass is 10.3. The Labute approximate surface area is 123 Å². The molecule has 0 aliphatic heterocycles. The molecule has 0 radical (unpaired) electrons. The van der Waals surface area contributed by atoms with Crippen molar-refractivity contribution in [2.75, 3.05) is 0 Å². The fourth-order valence-corrected chi connectivity index (χ4v) is 2.15. The summed E-state index contributed by atoms with van der Waals surface area (Å²) in [6.07, 6.45) is 6.43. The number of ether oxygens (including phenoxy) is 1. The van der Waals surface area contributed by atoms with Crippen LogP contribution >= 0.6 is 27.5 Å². The van der Waals surface area contributed by atoms with E-state index < -0.39 is 5.97 Å². The fraction of sp³-hybridized carbons (Fsp3) is 0.0769. The third kappa shape index (κ3) is 3.94. The summed E-state index contributed by atoms with van der Waals surface area (Å²) in [6, 6.07) is 4.94. The molecule has 0 bridgehead atoms. The van der Waals surface area contributed by atoms with Crippen LogP contribution in [0.25, 0.3) is 6.08 Å². The molecule has 0 aliphatic carbocycles. The van der Waals surface area contributed by atoms with E-state index in [9.17, 15) is 4.79 Å². The van der Waals surface area contributed by atoms with Gasteiger partial charge in [-0.2, -0.15) is 5.10 Å². The summed E-state index contributed by atoms with van der Waals surface area (Å²) in [5.41, 5.74) is 0.828. The van der Waals surface area contributed by atoms with Crippen molar-refractivity contribution in [2.24, 2.45) is 7.05 Å². The average molecular weight is 342 g/mol. The largest absolute Gasteiger partial charge is 0.422 e. The minimum Gasteiger partial charge on any atom is -0.422 e. The number of carbonyl (C=O) groups excluding carboxylic acids is 1. The summed E-state index contributed by atoms with van der Waals surface area (Å²) in [7, 11) is 1.81. The number of hydrogen-bond donors (Lipinski definition) is 0. The third-order valence-electron chi connectivity index (χ3n) is 2.24. The molecule has 2 aromatic rings. The van der Waals surface area contributed by atoms with Crippen LogP contribution in [0.4, 0.5) is 0 Å². The summed E-state index contributed by atoms with van der Waals surface area (Å²) in [5, 5.41) is 4.56. The van der Waals surface area contributed by atoms with Crippen LogP contribution < -0.4 is 4.74 Å². The van der Waals surface area contributed by atoms with Crippen molar-refractivity contribution in [3.05, 3.63) is 51.7 Å². The molecule has 1 heterocycles. The van der Waals surface area contributed by atoms with Crippen molar-refractivity contribution in [3.63, 3.8) is 0 Å². The lowest BCUT2D eigenvalue weighted by Crippen LogP contribution is -2.03. The number of nitrogens with zero attached hydrogens (tertiary/aromatic N) is 2. The number of esters is 1. The first kappa shape index (κ1) is 13.8. The maximum Gasteiger partial charge on any atom is 0.336 e. The smallest absolute Gasteiger partial charge is 0.336 e. The number of halogens is 2. The highest BCUT2D eigenvalue weighted by molar-refractivity contribution is 9.10. The van der Waals surface area contributed by atoms with Crippen LogP contribution in [0, 0.1) is 0 Å². The minimum absolute atomic E-state index is 0.422. The van der Waals surface area contributed by atoms with E-state index in [-0.39, 0.29) is 0 Å². The van der Waals surface area contributed by atoms with Crippen LogP contribution in [-0.4, -0.2) is 15.7 Å². The van der Waals surface area contributed by atoms with Crippen molar-refractivity contribution in [1.82, 2.24) is 9.78 Å². The first-order valence-electron chi connectivity index (χ1n) is 5.38. The Morgan fingerprint density at radius 2 is 2.32 bits per heavy atom. The van der Waals surface area contributed by atoms with Gasteiger partial charge >= 0.3 is 5.97 Å². The molecule has 0 fully saturated rings. The van der Waals surface area contributed by atoms with Gasteiger partial charge in [0, 0.05) is 29.9 Å². The topological polar surface area (TPSA) is 44.1 Å². The van der Waals surface area contributed by atoms with Gasteiger partial charge in [-0.25, -0.2) is 4.79 Å². The first-order chi connectivity index (χ1) is 9.04. The molecule has 0 spiro atoms. The number of carbonyl (C=O) groups is 1. The summed E-state index contributed by atoms with van der Waals surface area (Å²) >= 11 is 9.08. The van der Waals surface area contributed by atoms with Gasteiger partial charge in [-0.05, 0) is 40.2 Å². The maximum atomic E-state index is 11.6. The Bertz CT molecular complexity index is 637. The van der Waals surface area contributed by atoms with E-state index in [1.54, 1.807) is 48.4 Å². The Kier molecular flexibility index (Phi) is 4.39. The fourth-order valence-electron chi connectivity index (χ4n) is 1.39. The number of aryl methyl sites for hydroxylation is 1. The predicted molar refractivity (Wildman–Crippen MR) is 77.0 cm³/mol. The van der Waals surface area contributed by atoms with Crippen LogP contribution in [0.2, 0.25) is 5.02 Å². The van der Waals surface area contributed by atoms with Crippen LogP contribution in [0.3, 0.4) is 0 Å². The molecule has 6 heteroatoms. The van der Waals surface area contributed by atoms with Crippen LogP contribution in [0.5, 0.6) is 5.75 Å². The van der Waals surface area contributed by atoms with Crippen LogP contribution in [-0.2, 0) is 11.8 Å². The monoisotopic (exact) mass is 340 g/mol. The molecule has 1 aromatic heterocycles. The second kappa shape index (κ2) is 6.04. The molecule has 0 N–H and O–H groups in total. The van der Waals surface area contributed by atoms with Crippen molar-refractivity contribution < 1.29 is 9.53 Å². The molecule has 4 nitrogen and oxygen atoms in total. The highest BCUT2D eigenvalue weighted by Gasteiger charge is 2.05. The van der Waals surface area contributed by atoms with E-state index in [0.717, 1.165) is 5.56 Å². The van der Waals surface area contributed by atoms with E-state index >= 15 is 0 Å². The van der Waals surface area contributed by atoms with Crippen molar-refractivity contribution in [1.29, 1.82) is 0 Å². The standard InChI is InChI=1S/C13H10BrClN2O2/c1-17-8-9(7-16-17)2-5-13(18)19-12-4-3-10(15)6-11(12)14/h2-8H,1H3/b5-2-. The number of aromatic nitrogens is 2. The maximum absolute atomic E-state index is 11.6. The second-order valence-electron chi connectivity index (χ2n) is 3.78. The first-order valence-corrected chi connectivity index (χ1v) is 6.55. The molecule has 0 atom stereocenters. The summed E-state index contributed by atoms with van der Waals surface area (Å²) in [6.45, 7) is 0. The third-order valence-corrected chi connectivity index (χ3v) is 3.10. The van der Waals surface area contributed by atoms with E-state index in [1.807, 2.05) is 0 Å². The van der Waals surface area contributed by atoms with Gasteiger partial charge in [-0.15, -0.1) is 0 Å². The second-order valence-corrected chi connectivity index (χ2v) is 5.07. The molecule has 98 valence electrons. The zero-order valence-corrected chi connectivity index (χ0v) is 12.4. The molecule has 2 rings (SSSR count). The molecule has 0 saturated heterocycles. The van der Waals surface area contributed by atoms with Crippen LogP contribution in [0.15, 0.2) is 41.1 Å². The molecule has 0 amide bonds. The molecular weight excluding hydrogens is 332 g/mol. The van der Waals surface area contributed by atoms with E-state index in [2.05, 4.69) is 21.0 Å². The van der Waals surface area contributed by atoms with Crippen molar-refractivity contribution >= 4 is 39.6 Å². The SMILES string of the molecule is Cn1cc(/C=C\C(=O)Oc2ccc(Cl)cc2Br)cn1. The van der Waals surface area contributed by atoms with Gasteiger partial charge in [0.25, 0.3) is 0 Å². The average Bonchev–Trinajstić information content (AvgIpc) is 2.76. The molecule has 0 aliphatic rings. The van der Waals surface area contributed by atoms with Gasteiger partial charge in [-0.3, -0.25) is 4.68 Å². The van der Waals surface area contributed by atoms with E-state index in [1.165, 1.54) is 6.08 Å². The zero-order valence-electron chi connectivity index (χ0n) is 10.0. The Hall–Kier alpha value is -1.59. The highest BCUT2D eigenvalue weighted by Crippen LogP contribution is 2.28. The van der Waals surface area contributed by atoms with Gasteiger partial charge in [0.1, 0.15) is 5.75 Å². The molecule has 1 aromatic carbocycles. The van der Waals surface area contributed by atoms with Gasteiger partial charge < -0.3 is 4.74 Å². The van der Waals surface area contributed by atoms with E-state index in [4.69, 9.17) is 16.3 Å². The molecule has 19 heavy (non-hydrogen) atoms. The van der Waals surface area contributed by atoms with E-state index in [0.29, 0.717) is 15.2 Å². The number of rotatable bonds is 3. The molecular formula is C13H10BrClN2O2. The van der Waals surface area contributed by atoms with Gasteiger partial charge in [0.15, 0.2) is 0 Å². The summed E-state index contributed by atoms with van der Waals surface area (Å²) in [4.78, 5) is 11.6. The molecule has 0 saturated carbocycles. The Morgan fingerprint density at radius 1 is 1.53 bits per heavy atom. The summed E-state index contributed by atoms with van der Waals surface area (Å²) in [5.74, 6) is -0.0443. The summed E-state index contributed by atoms with van der Waals surface area (Å²) < 4.78 is 7.45. The van der Waals surface area contributed by atoms with Gasteiger partial charge in [0.2, 0.25) is 0 Å². The van der Waals surface area contributed by atoms with Gasteiger partial charge in [0.05, 0.1) is 10.7 Å². The normalized spacial score (nSPS) is 10.9. The highest BCUT2D eigenvalue weighted by atomic mass is 79.9. The zero-order chi connectivity index (χ0) is 13.8. The Morgan fingerprint density at radius 3 is 2.95 bits per heavy atom. The van der Waals surface area contributed by atoms with Crippen molar-refractivity contribution in [3.8, 4) is 5.75 Å². The quantitative estimate of drug-likeness (QED) is 0.488. The van der Waals surface area contributed by atoms with Gasteiger partial charge in [-0.1, -0.05) is 11.6 Å². The lowest BCUT2D eigenvalue weighted by Gasteiger charge is -2.03. The van der Waals surface area contributed by atoms with Crippen LogP contribution in [0.1, 0.15) is 5.56 Å². The minimum atomic E-state index is -0.466. The molecule has 0 unspecified atom stereocenters. The Balaban J connectivity index is 2.03. The number of hydrogen-bond acceptors (Lipinski definition) is 3. The number of benzene rings is 1. The lowest BCUT2D eigenvalue weighted by molar-refractivity contribution is -0.128.